The van der Waals surface area contributed by atoms with Gasteiger partial charge in [-0.1, -0.05) is 59.6 Å². The highest BCUT2D eigenvalue weighted by atomic mass is 16.7. The van der Waals surface area contributed by atoms with E-state index in [0.29, 0.717) is 12.0 Å². The molecule has 0 spiro atoms. The van der Waals surface area contributed by atoms with E-state index in [2.05, 4.69) is 65.7 Å². The molecule has 0 aromatic heterocycles. The normalized spacial score (nSPS) is 13.5. The van der Waals surface area contributed by atoms with Crippen LogP contribution in [-0.4, -0.2) is 32.4 Å². The third kappa shape index (κ3) is 8.38. The largest absolute Gasteiger partial charge is 0.465 e. The highest BCUT2D eigenvalue weighted by Gasteiger charge is 2.15. The summed E-state index contributed by atoms with van der Waals surface area (Å²) < 4.78 is 11.2. The Labute approximate surface area is 144 Å². The summed E-state index contributed by atoms with van der Waals surface area (Å²) in [5.74, 6) is 1.19. The molecule has 0 fully saturated rings. The monoisotopic (exact) mass is 323 g/mol. The molecule has 0 heterocycles. The molecular weight excluding hydrogens is 286 g/mol. The van der Waals surface area contributed by atoms with Gasteiger partial charge >= 0.3 is 0 Å². The van der Waals surface area contributed by atoms with Crippen LogP contribution in [0.4, 0.5) is 0 Å². The summed E-state index contributed by atoms with van der Waals surface area (Å²) >= 11 is 0. The third-order valence-corrected chi connectivity index (χ3v) is 3.48. The summed E-state index contributed by atoms with van der Waals surface area (Å²) in [5, 5.41) is 0. The van der Waals surface area contributed by atoms with E-state index in [0.717, 1.165) is 5.75 Å². The maximum Gasteiger partial charge on any atom is 0.201 e. The molecule has 0 N–H and O–H groups in total. The van der Waals surface area contributed by atoms with E-state index < -0.39 is 0 Å². The lowest BCUT2D eigenvalue weighted by Crippen LogP contribution is -2.25. The molecule has 0 aliphatic carbocycles. The van der Waals surface area contributed by atoms with Crippen LogP contribution in [0, 0.1) is 5.92 Å². The molecule has 0 saturated heterocycles. The maximum absolute atomic E-state index is 5.84. The van der Waals surface area contributed by atoms with E-state index in [1.54, 1.807) is 7.11 Å². The van der Waals surface area contributed by atoms with Crippen LogP contribution in [0.1, 0.15) is 65.5 Å². The zero-order valence-corrected chi connectivity index (χ0v) is 16.4. The molecule has 2 atom stereocenters. The molecule has 134 valence electrons. The van der Waals surface area contributed by atoms with E-state index in [4.69, 9.17) is 9.47 Å². The Morgan fingerprint density at radius 3 is 1.87 bits per heavy atom. The average molecular weight is 324 g/mol. The number of methoxy groups -OCH3 is 1. The van der Waals surface area contributed by atoms with Gasteiger partial charge in [0, 0.05) is 19.1 Å². The summed E-state index contributed by atoms with van der Waals surface area (Å²) in [5.41, 5.74) is 1.34. The number of hydrogen-bond donors (Lipinski definition) is 0. The zero-order valence-electron chi connectivity index (χ0n) is 16.4. The van der Waals surface area contributed by atoms with Gasteiger partial charge in [-0.2, -0.15) is 0 Å². The fraction of sp³-hybridized carbons (Fsp3) is 0.700. The van der Waals surface area contributed by atoms with E-state index in [-0.39, 0.29) is 6.29 Å². The number of rotatable bonds is 8. The lowest BCUT2D eigenvalue weighted by molar-refractivity contribution is -0.0833. The van der Waals surface area contributed by atoms with Gasteiger partial charge in [0.1, 0.15) is 5.75 Å². The number of ether oxygens (including phenoxy) is 2. The van der Waals surface area contributed by atoms with Crippen molar-refractivity contribution in [1.82, 2.24) is 4.90 Å². The molecular formula is C20H37NO2. The Balaban J connectivity index is 0.00000149. The molecule has 1 aromatic rings. The molecule has 1 aromatic carbocycles. The van der Waals surface area contributed by atoms with Crippen molar-refractivity contribution in [2.24, 2.45) is 5.92 Å². The van der Waals surface area contributed by atoms with Crippen LogP contribution in [0.2, 0.25) is 0 Å². The molecule has 1 rings (SSSR count). The highest BCUT2D eigenvalue weighted by Crippen LogP contribution is 2.26. The van der Waals surface area contributed by atoms with Gasteiger partial charge in [0.2, 0.25) is 6.29 Å². The molecule has 0 radical (unpaired) electrons. The Hall–Kier alpha value is -1.06. The van der Waals surface area contributed by atoms with Crippen molar-refractivity contribution in [3.05, 3.63) is 29.8 Å². The lowest BCUT2D eigenvalue weighted by Gasteiger charge is -2.25. The van der Waals surface area contributed by atoms with Crippen LogP contribution in [0.5, 0.6) is 5.75 Å². The molecule has 3 nitrogen and oxygen atoms in total. The molecule has 0 amide bonds. The topological polar surface area (TPSA) is 21.7 Å². The first kappa shape index (κ1) is 21.9. The lowest BCUT2D eigenvalue weighted by atomic mass is 10.0. The first-order valence-corrected chi connectivity index (χ1v) is 8.86. The second kappa shape index (κ2) is 12.4. The van der Waals surface area contributed by atoms with Crippen molar-refractivity contribution in [2.45, 2.75) is 66.2 Å². The molecule has 0 aliphatic heterocycles. The van der Waals surface area contributed by atoms with Gasteiger partial charge in [-0.3, -0.25) is 0 Å². The Morgan fingerprint density at radius 2 is 1.52 bits per heavy atom. The van der Waals surface area contributed by atoms with E-state index in [1.165, 1.54) is 24.8 Å². The van der Waals surface area contributed by atoms with Crippen LogP contribution < -0.4 is 4.74 Å². The van der Waals surface area contributed by atoms with Crippen LogP contribution in [0.3, 0.4) is 0 Å². The molecule has 0 bridgehead atoms. The Bertz CT molecular complexity index is 387. The minimum Gasteiger partial charge on any atom is -0.465 e. The molecule has 23 heavy (non-hydrogen) atoms. The van der Waals surface area contributed by atoms with Crippen molar-refractivity contribution in [3.8, 4) is 5.75 Å². The van der Waals surface area contributed by atoms with Crippen molar-refractivity contribution in [3.63, 3.8) is 0 Å². The molecule has 0 aliphatic rings. The Kier molecular flexibility index (Phi) is 11.8. The molecule has 2 unspecified atom stereocenters. The third-order valence-electron chi connectivity index (χ3n) is 3.48. The predicted octanol–water partition coefficient (Wildman–Crippen LogP) is 5.51. The summed E-state index contributed by atoms with van der Waals surface area (Å²) in [6.07, 6.45) is 3.40. The van der Waals surface area contributed by atoms with E-state index >= 15 is 0 Å². The van der Waals surface area contributed by atoms with Gasteiger partial charge in [0.25, 0.3) is 0 Å². The van der Waals surface area contributed by atoms with Crippen molar-refractivity contribution in [2.75, 3.05) is 21.2 Å². The quantitative estimate of drug-likeness (QED) is 0.588. The predicted molar refractivity (Wildman–Crippen MR) is 100 cm³/mol. The summed E-state index contributed by atoms with van der Waals surface area (Å²) in [4.78, 5) is 2.27. The summed E-state index contributed by atoms with van der Waals surface area (Å²) in [7, 11) is 5.94. The second-order valence-electron chi connectivity index (χ2n) is 6.51. The minimum absolute atomic E-state index is 0.193. The fourth-order valence-corrected chi connectivity index (χ4v) is 2.36. The van der Waals surface area contributed by atoms with Crippen molar-refractivity contribution >= 4 is 0 Å². The van der Waals surface area contributed by atoms with Gasteiger partial charge in [0.05, 0.1) is 0 Å². The van der Waals surface area contributed by atoms with Gasteiger partial charge in [0.15, 0.2) is 0 Å². The number of nitrogens with zero attached hydrogens (tertiary/aromatic N) is 1. The molecule has 0 saturated carbocycles. The van der Waals surface area contributed by atoms with Gasteiger partial charge in [-0.05, 0) is 38.2 Å². The zero-order chi connectivity index (χ0) is 17.8. The summed E-state index contributed by atoms with van der Waals surface area (Å²) in [6.45, 7) is 10.7. The maximum atomic E-state index is 5.84. The van der Waals surface area contributed by atoms with E-state index in [9.17, 15) is 0 Å². The minimum atomic E-state index is -0.193. The van der Waals surface area contributed by atoms with Crippen LogP contribution in [0.15, 0.2) is 24.3 Å². The smallest absolute Gasteiger partial charge is 0.201 e. The van der Waals surface area contributed by atoms with Gasteiger partial charge in [-0.15, -0.1) is 0 Å². The van der Waals surface area contributed by atoms with E-state index in [1.807, 2.05) is 12.1 Å². The van der Waals surface area contributed by atoms with Gasteiger partial charge in [-0.25, -0.2) is 0 Å². The fourth-order valence-electron chi connectivity index (χ4n) is 2.36. The van der Waals surface area contributed by atoms with Crippen LogP contribution in [0.25, 0.3) is 0 Å². The van der Waals surface area contributed by atoms with Crippen molar-refractivity contribution in [1.29, 1.82) is 0 Å². The van der Waals surface area contributed by atoms with Crippen LogP contribution >= 0.6 is 0 Å². The average Bonchev–Trinajstić information content (AvgIpc) is 2.51. The first-order chi connectivity index (χ1) is 10.9. The second-order valence-corrected chi connectivity index (χ2v) is 6.51. The molecule has 3 heteroatoms. The van der Waals surface area contributed by atoms with Crippen molar-refractivity contribution < 1.29 is 9.47 Å². The first-order valence-electron chi connectivity index (χ1n) is 8.86. The Morgan fingerprint density at radius 1 is 1.00 bits per heavy atom. The highest BCUT2D eigenvalue weighted by molar-refractivity contribution is 5.29. The van der Waals surface area contributed by atoms with Crippen LogP contribution in [-0.2, 0) is 4.74 Å². The standard InChI is InChI=1S/C17H29NO2.C3H8/c1-7-8-16(18(4)5)14-9-11-15(12-10-14)20-17(19-6)13(2)3;1-3-2/h9-13,16-17H,7-8H2,1-6H3;3H2,1-2H3. The number of benzene rings is 1. The SMILES string of the molecule is CCC.CCCC(c1ccc(OC(OC)C(C)C)cc1)N(C)C. The summed E-state index contributed by atoms with van der Waals surface area (Å²) in [6, 6.07) is 8.86. The number of hydrogen-bond acceptors (Lipinski definition) is 3. The van der Waals surface area contributed by atoms with Gasteiger partial charge < -0.3 is 14.4 Å².